The Labute approximate surface area is 92.4 Å². The predicted molar refractivity (Wildman–Crippen MR) is 55.4 cm³/mol. The zero-order valence-electron chi connectivity index (χ0n) is 8.92. The lowest BCUT2D eigenvalue weighted by Gasteiger charge is -2.05. The molecule has 86 valence electrons. The largest absolute Gasteiger partial charge is 0.472 e. The number of nitrogens with two attached hydrogens (primary N) is 1. The molecule has 0 aliphatic carbocycles. The maximum Gasteiger partial charge on any atom is 0.261 e. The first kappa shape index (κ1) is 10.8. The van der Waals surface area contributed by atoms with Crippen molar-refractivity contribution in [3.05, 3.63) is 24.4 Å². The molecule has 2 rings (SSSR count). The number of ether oxygens (including phenoxy) is 1. The molecule has 1 unspecified atom stereocenters. The van der Waals surface area contributed by atoms with Gasteiger partial charge in [0.1, 0.15) is 6.26 Å². The Kier molecular flexibility index (Phi) is 3.33. The maximum absolute atomic E-state index is 5.81. The van der Waals surface area contributed by atoms with Gasteiger partial charge in [0.25, 0.3) is 5.89 Å². The maximum atomic E-state index is 5.81. The predicted octanol–water partition coefficient (Wildman–Crippen LogP) is 1.37. The van der Waals surface area contributed by atoms with Crippen molar-refractivity contribution in [2.75, 3.05) is 13.2 Å². The number of nitrogens with zero attached hydrogens (tertiary/aromatic N) is 2. The summed E-state index contributed by atoms with van der Waals surface area (Å²) in [5.74, 6) is 0.834. The summed E-state index contributed by atoms with van der Waals surface area (Å²) in [5, 5.41) is 3.79. The van der Waals surface area contributed by atoms with Crippen LogP contribution in [0.4, 0.5) is 0 Å². The Morgan fingerprint density at radius 3 is 3.12 bits per heavy atom. The average molecular weight is 223 g/mol. The minimum Gasteiger partial charge on any atom is -0.472 e. The van der Waals surface area contributed by atoms with Crippen molar-refractivity contribution in [2.24, 2.45) is 5.73 Å². The van der Waals surface area contributed by atoms with Crippen LogP contribution in [0, 0.1) is 0 Å². The lowest BCUT2D eigenvalue weighted by Crippen LogP contribution is -2.18. The molecular formula is C10H13N3O3. The van der Waals surface area contributed by atoms with Gasteiger partial charge in [-0.1, -0.05) is 5.16 Å². The molecule has 0 amide bonds. The standard InChI is InChI=1S/C10H13N3O3/c1-2-14-6-8(11)9-12-10(16-13-9)7-3-4-15-5-7/h3-5,8H,2,6,11H2,1H3. The Morgan fingerprint density at radius 1 is 1.56 bits per heavy atom. The highest BCUT2D eigenvalue weighted by Gasteiger charge is 2.15. The van der Waals surface area contributed by atoms with Gasteiger partial charge in [-0.05, 0) is 13.0 Å². The Hall–Kier alpha value is -1.66. The molecule has 2 N–H and O–H groups in total. The summed E-state index contributed by atoms with van der Waals surface area (Å²) in [6.07, 6.45) is 3.07. The van der Waals surface area contributed by atoms with E-state index in [4.69, 9.17) is 19.4 Å². The van der Waals surface area contributed by atoms with Gasteiger partial charge in [0.2, 0.25) is 0 Å². The number of hydrogen-bond donors (Lipinski definition) is 1. The topological polar surface area (TPSA) is 87.3 Å². The molecule has 2 aromatic rings. The van der Waals surface area contributed by atoms with E-state index in [9.17, 15) is 0 Å². The van der Waals surface area contributed by atoms with E-state index in [-0.39, 0.29) is 6.04 Å². The lowest BCUT2D eigenvalue weighted by atomic mass is 10.3. The van der Waals surface area contributed by atoms with Crippen molar-refractivity contribution in [3.63, 3.8) is 0 Å². The smallest absolute Gasteiger partial charge is 0.261 e. The third-order valence-electron chi connectivity index (χ3n) is 2.04. The normalized spacial score (nSPS) is 12.9. The molecule has 0 bridgehead atoms. The molecule has 0 fully saturated rings. The van der Waals surface area contributed by atoms with Crippen LogP contribution in [0.1, 0.15) is 18.8 Å². The van der Waals surface area contributed by atoms with Crippen LogP contribution in [0.25, 0.3) is 11.5 Å². The van der Waals surface area contributed by atoms with Crippen molar-refractivity contribution < 1.29 is 13.7 Å². The van der Waals surface area contributed by atoms with Gasteiger partial charge in [-0.15, -0.1) is 0 Å². The van der Waals surface area contributed by atoms with Gasteiger partial charge in [0, 0.05) is 6.61 Å². The van der Waals surface area contributed by atoms with Crippen molar-refractivity contribution >= 4 is 0 Å². The Balaban J connectivity index is 2.07. The summed E-state index contributed by atoms with van der Waals surface area (Å²) in [6.45, 7) is 2.89. The number of furan rings is 1. The van der Waals surface area contributed by atoms with Gasteiger partial charge in [0.15, 0.2) is 5.82 Å². The third kappa shape index (κ3) is 2.29. The summed E-state index contributed by atoms with van der Waals surface area (Å²) in [4.78, 5) is 4.16. The zero-order chi connectivity index (χ0) is 11.4. The minimum atomic E-state index is -0.371. The van der Waals surface area contributed by atoms with Gasteiger partial charge in [-0.2, -0.15) is 4.98 Å². The molecule has 0 aromatic carbocycles. The second-order valence-corrected chi connectivity index (χ2v) is 3.24. The van der Waals surface area contributed by atoms with E-state index in [1.165, 1.54) is 6.26 Å². The molecule has 2 heterocycles. The third-order valence-corrected chi connectivity index (χ3v) is 2.04. The minimum absolute atomic E-state index is 0.371. The second kappa shape index (κ2) is 4.91. The van der Waals surface area contributed by atoms with Crippen LogP contribution >= 0.6 is 0 Å². The molecule has 6 heteroatoms. The summed E-state index contributed by atoms with van der Waals surface area (Å²) < 4.78 is 15.2. The van der Waals surface area contributed by atoms with Crippen LogP contribution in [0.5, 0.6) is 0 Å². The van der Waals surface area contributed by atoms with Gasteiger partial charge in [-0.3, -0.25) is 0 Å². The van der Waals surface area contributed by atoms with Gasteiger partial charge < -0.3 is 19.4 Å². The average Bonchev–Trinajstić information content (AvgIpc) is 2.94. The number of rotatable bonds is 5. The first-order chi connectivity index (χ1) is 7.81. The summed E-state index contributed by atoms with van der Waals surface area (Å²) in [5.41, 5.74) is 6.55. The van der Waals surface area contributed by atoms with Crippen molar-refractivity contribution in [1.82, 2.24) is 10.1 Å². The molecule has 16 heavy (non-hydrogen) atoms. The van der Waals surface area contributed by atoms with Crippen molar-refractivity contribution in [1.29, 1.82) is 0 Å². The van der Waals surface area contributed by atoms with Gasteiger partial charge in [0.05, 0.1) is 24.5 Å². The van der Waals surface area contributed by atoms with E-state index < -0.39 is 0 Å². The summed E-state index contributed by atoms with van der Waals surface area (Å²) in [7, 11) is 0. The van der Waals surface area contributed by atoms with Crippen LogP contribution in [-0.4, -0.2) is 23.4 Å². The second-order valence-electron chi connectivity index (χ2n) is 3.24. The highest BCUT2D eigenvalue weighted by Crippen LogP contribution is 2.18. The van der Waals surface area contributed by atoms with Crippen LogP contribution in [0.3, 0.4) is 0 Å². The molecule has 0 aliphatic rings. The molecule has 6 nitrogen and oxygen atoms in total. The van der Waals surface area contributed by atoms with Crippen LogP contribution in [-0.2, 0) is 4.74 Å². The number of hydrogen-bond acceptors (Lipinski definition) is 6. The van der Waals surface area contributed by atoms with Crippen LogP contribution in [0.2, 0.25) is 0 Å². The molecular weight excluding hydrogens is 210 g/mol. The lowest BCUT2D eigenvalue weighted by molar-refractivity contribution is 0.130. The molecule has 0 spiro atoms. The number of aromatic nitrogens is 2. The SMILES string of the molecule is CCOCC(N)c1noc(-c2ccoc2)n1. The molecule has 2 aromatic heterocycles. The molecule has 0 radical (unpaired) electrons. The highest BCUT2D eigenvalue weighted by atomic mass is 16.5. The van der Waals surface area contributed by atoms with Gasteiger partial charge in [-0.25, -0.2) is 0 Å². The fourth-order valence-electron chi connectivity index (χ4n) is 1.21. The van der Waals surface area contributed by atoms with Crippen molar-refractivity contribution in [3.8, 4) is 11.5 Å². The first-order valence-corrected chi connectivity index (χ1v) is 5.00. The van der Waals surface area contributed by atoms with E-state index >= 15 is 0 Å². The quantitative estimate of drug-likeness (QED) is 0.823. The van der Waals surface area contributed by atoms with Crippen molar-refractivity contribution in [2.45, 2.75) is 13.0 Å². The van der Waals surface area contributed by atoms with E-state index in [0.717, 1.165) is 5.56 Å². The van der Waals surface area contributed by atoms with Crippen LogP contribution < -0.4 is 5.73 Å². The van der Waals surface area contributed by atoms with E-state index in [1.807, 2.05) is 6.92 Å². The van der Waals surface area contributed by atoms with E-state index in [2.05, 4.69) is 10.1 Å². The summed E-state index contributed by atoms with van der Waals surface area (Å²) >= 11 is 0. The fraction of sp³-hybridized carbons (Fsp3) is 0.400. The zero-order valence-corrected chi connectivity index (χ0v) is 8.92. The highest BCUT2D eigenvalue weighted by molar-refractivity contribution is 5.49. The molecule has 1 atom stereocenters. The molecule has 0 saturated carbocycles. The Morgan fingerprint density at radius 2 is 2.44 bits per heavy atom. The Bertz CT molecular complexity index is 424. The fourth-order valence-corrected chi connectivity index (χ4v) is 1.21. The molecule has 0 aliphatic heterocycles. The van der Waals surface area contributed by atoms with Crippen LogP contribution in [0.15, 0.2) is 27.5 Å². The van der Waals surface area contributed by atoms with Gasteiger partial charge >= 0.3 is 0 Å². The first-order valence-electron chi connectivity index (χ1n) is 5.00. The summed E-state index contributed by atoms with van der Waals surface area (Å²) in [6, 6.07) is 1.37. The van der Waals surface area contributed by atoms with E-state index in [1.54, 1.807) is 12.3 Å². The van der Waals surface area contributed by atoms with E-state index in [0.29, 0.717) is 24.9 Å². The monoisotopic (exact) mass is 223 g/mol. The molecule has 0 saturated heterocycles.